The van der Waals surface area contributed by atoms with Crippen LogP contribution in [0.25, 0.3) is 0 Å². The summed E-state index contributed by atoms with van der Waals surface area (Å²) in [4.78, 5) is 18.4. The van der Waals surface area contributed by atoms with Crippen LogP contribution in [0.2, 0.25) is 0 Å². The Morgan fingerprint density at radius 1 is 0.738 bits per heavy atom. The minimum absolute atomic E-state index is 0.148. The van der Waals surface area contributed by atoms with Gasteiger partial charge in [0.2, 0.25) is 0 Å². The normalized spacial score (nSPS) is 16.5. The molecule has 14 heteroatoms. The first kappa shape index (κ1) is 35.9. The topological polar surface area (TPSA) is 148 Å². The SMILES string of the molecule is CCCCOP(=O)(O)c1ccc2c(c1)OCCOCCOc1ccccc1OCCOCCO2.CCCCO[P+](=O)O. The summed E-state index contributed by atoms with van der Waals surface area (Å²) in [5, 5.41) is 0.148. The summed E-state index contributed by atoms with van der Waals surface area (Å²) in [7, 11) is -6.32. The van der Waals surface area contributed by atoms with E-state index in [9.17, 15) is 14.0 Å². The van der Waals surface area contributed by atoms with Crippen molar-refractivity contribution in [1.82, 2.24) is 0 Å². The van der Waals surface area contributed by atoms with Gasteiger partial charge in [0.15, 0.2) is 23.0 Å². The summed E-state index contributed by atoms with van der Waals surface area (Å²) in [6.07, 6.45) is 3.41. The minimum Gasteiger partial charge on any atom is -0.487 e. The zero-order valence-corrected chi connectivity index (χ0v) is 26.1. The Balaban J connectivity index is 0.000000675. The molecule has 12 nitrogen and oxygen atoms in total. The van der Waals surface area contributed by atoms with Crippen LogP contribution in [0.1, 0.15) is 39.5 Å². The number of unbranched alkanes of at least 4 members (excludes halogenated alkanes) is 2. The van der Waals surface area contributed by atoms with E-state index in [1.54, 1.807) is 6.07 Å². The van der Waals surface area contributed by atoms with Gasteiger partial charge in [-0.25, -0.2) is 0 Å². The number of rotatable bonds is 9. The molecular formula is C28H43O12P2+. The molecule has 0 fully saturated rings. The molecule has 3 rings (SSSR count). The molecule has 2 aromatic carbocycles. The predicted octanol–water partition coefficient (Wildman–Crippen LogP) is 5.03. The lowest BCUT2D eigenvalue weighted by atomic mass is 10.3. The highest BCUT2D eigenvalue weighted by molar-refractivity contribution is 7.61. The average Bonchev–Trinajstić information content (AvgIpc) is 2.97. The van der Waals surface area contributed by atoms with Crippen LogP contribution in [-0.4, -0.2) is 75.9 Å². The fraction of sp³-hybridized carbons (Fsp3) is 0.571. The number of benzene rings is 2. The molecule has 0 amide bonds. The zero-order chi connectivity index (χ0) is 30.5. The number of hydrogen-bond donors (Lipinski definition) is 2. The van der Waals surface area contributed by atoms with E-state index in [1.807, 2.05) is 38.1 Å². The summed E-state index contributed by atoms with van der Waals surface area (Å²) in [5.74, 6) is 2.07. The lowest BCUT2D eigenvalue weighted by Gasteiger charge is -2.17. The van der Waals surface area contributed by atoms with Gasteiger partial charge in [-0.2, -0.15) is 0 Å². The van der Waals surface area contributed by atoms with Crippen molar-refractivity contribution in [3.05, 3.63) is 42.5 Å². The lowest BCUT2D eigenvalue weighted by molar-refractivity contribution is 0.0640. The largest absolute Gasteiger partial charge is 0.694 e. The van der Waals surface area contributed by atoms with Crippen molar-refractivity contribution in [3.63, 3.8) is 0 Å². The highest BCUT2D eigenvalue weighted by Crippen LogP contribution is 2.43. The Hall–Kier alpha value is -2.27. The highest BCUT2D eigenvalue weighted by atomic mass is 31.2. The van der Waals surface area contributed by atoms with Gasteiger partial charge in [-0.1, -0.05) is 38.8 Å². The van der Waals surface area contributed by atoms with Crippen molar-refractivity contribution >= 4 is 21.2 Å². The summed E-state index contributed by atoms with van der Waals surface area (Å²) >= 11 is 0. The molecule has 0 aliphatic carbocycles. The molecule has 0 aromatic heterocycles. The van der Waals surface area contributed by atoms with Crippen LogP contribution in [0.15, 0.2) is 42.5 Å². The van der Waals surface area contributed by atoms with Crippen LogP contribution in [0.4, 0.5) is 0 Å². The quantitative estimate of drug-likeness (QED) is 0.282. The van der Waals surface area contributed by atoms with E-state index in [2.05, 4.69) is 4.52 Å². The standard InChI is InChI=1S/C24H33O9P.C4H9O3P/c1-2-3-10-33-34(25,26)20-8-9-23-24(19-20)32-18-14-28-12-16-30-22-7-5-4-6-21(22)29-15-11-27-13-17-31-23;1-2-3-4-7-8(5)6/h4-9,19H,2-3,10-18H2,1H3,(H,25,26);2-4H2,1H3/p+1. The summed E-state index contributed by atoms with van der Waals surface area (Å²) in [5.41, 5.74) is 0. The third kappa shape index (κ3) is 14.8. The van der Waals surface area contributed by atoms with Gasteiger partial charge in [0, 0.05) is 4.57 Å². The average molecular weight is 634 g/mol. The Morgan fingerprint density at radius 3 is 1.71 bits per heavy atom. The molecular weight excluding hydrogens is 590 g/mol. The van der Waals surface area contributed by atoms with Crippen molar-refractivity contribution in [2.24, 2.45) is 0 Å². The van der Waals surface area contributed by atoms with Crippen LogP contribution >= 0.6 is 15.9 Å². The van der Waals surface area contributed by atoms with Gasteiger partial charge in [-0.15, -0.1) is 9.42 Å². The van der Waals surface area contributed by atoms with Crippen molar-refractivity contribution < 1.29 is 56.4 Å². The second kappa shape index (κ2) is 21.4. The summed E-state index contributed by atoms with van der Waals surface area (Å²) < 4.78 is 66.3. The maximum Gasteiger partial charge on any atom is 0.694 e. The van der Waals surface area contributed by atoms with Crippen LogP contribution in [0.3, 0.4) is 0 Å². The van der Waals surface area contributed by atoms with Crippen molar-refractivity contribution in [3.8, 4) is 23.0 Å². The molecule has 2 atom stereocenters. The second-order valence-electron chi connectivity index (χ2n) is 8.83. The van der Waals surface area contributed by atoms with E-state index in [-0.39, 0.29) is 25.1 Å². The highest BCUT2D eigenvalue weighted by Gasteiger charge is 2.24. The van der Waals surface area contributed by atoms with Gasteiger partial charge in [0.05, 0.1) is 38.3 Å². The third-order valence-corrected chi connectivity index (χ3v) is 7.37. The van der Waals surface area contributed by atoms with Crippen LogP contribution < -0.4 is 24.3 Å². The molecule has 42 heavy (non-hydrogen) atoms. The molecule has 2 aromatic rings. The third-order valence-electron chi connectivity index (χ3n) is 5.51. The van der Waals surface area contributed by atoms with E-state index in [0.717, 1.165) is 19.3 Å². The van der Waals surface area contributed by atoms with Gasteiger partial charge < -0.3 is 37.8 Å². The molecule has 0 spiro atoms. The Labute approximate surface area is 248 Å². The maximum atomic E-state index is 12.6. The van der Waals surface area contributed by atoms with E-state index >= 15 is 0 Å². The first-order chi connectivity index (χ1) is 20.4. The van der Waals surface area contributed by atoms with E-state index in [4.69, 9.17) is 37.8 Å². The van der Waals surface area contributed by atoms with E-state index < -0.39 is 15.9 Å². The fourth-order valence-corrected chi connectivity index (χ4v) is 4.69. The van der Waals surface area contributed by atoms with E-state index in [1.165, 1.54) is 12.1 Å². The van der Waals surface area contributed by atoms with Crippen LogP contribution in [0, 0.1) is 0 Å². The Bertz CT molecular complexity index is 1080. The van der Waals surface area contributed by atoms with Crippen molar-refractivity contribution in [2.45, 2.75) is 39.5 Å². The molecule has 0 radical (unpaired) electrons. The lowest BCUT2D eigenvalue weighted by Crippen LogP contribution is -2.16. The smallest absolute Gasteiger partial charge is 0.487 e. The van der Waals surface area contributed by atoms with Gasteiger partial charge >= 0.3 is 15.9 Å². The van der Waals surface area contributed by atoms with Gasteiger partial charge in [0.25, 0.3) is 0 Å². The number of hydrogen-bond acceptors (Lipinski definition) is 10. The molecule has 0 saturated heterocycles. The zero-order valence-electron chi connectivity index (χ0n) is 24.3. The van der Waals surface area contributed by atoms with Gasteiger partial charge in [-0.05, 0) is 43.2 Å². The van der Waals surface area contributed by atoms with Crippen molar-refractivity contribution in [2.75, 3.05) is 66.1 Å². The van der Waals surface area contributed by atoms with E-state index in [0.29, 0.717) is 75.7 Å². The second-order valence-corrected chi connectivity index (χ2v) is 11.4. The molecule has 0 bridgehead atoms. The van der Waals surface area contributed by atoms with Crippen LogP contribution in [0.5, 0.6) is 23.0 Å². The molecule has 0 saturated carbocycles. The van der Waals surface area contributed by atoms with Crippen LogP contribution in [-0.2, 0) is 27.7 Å². The Morgan fingerprint density at radius 2 is 1.21 bits per heavy atom. The Kier molecular flexibility index (Phi) is 18.3. The summed E-state index contributed by atoms with van der Waals surface area (Å²) in [6.45, 7) is 7.18. The number of fused-ring (bicyclic) bond motifs is 2. The molecule has 1 aliphatic rings. The maximum absolute atomic E-state index is 12.6. The summed E-state index contributed by atoms with van der Waals surface area (Å²) in [6, 6.07) is 12.0. The predicted molar refractivity (Wildman–Crippen MR) is 158 cm³/mol. The molecule has 1 aliphatic heterocycles. The fourth-order valence-electron chi connectivity index (χ4n) is 3.33. The number of ether oxygens (including phenoxy) is 6. The first-order valence-corrected chi connectivity index (χ1v) is 16.7. The van der Waals surface area contributed by atoms with Gasteiger partial charge in [0.1, 0.15) is 33.0 Å². The number of para-hydroxylation sites is 2. The first-order valence-electron chi connectivity index (χ1n) is 14.0. The molecule has 236 valence electrons. The van der Waals surface area contributed by atoms with Crippen molar-refractivity contribution in [1.29, 1.82) is 0 Å². The monoisotopic (exact) mass is 633 g/mol. The molecule has 2 N–H and O–H groups in total. The molecule has 1 heterocycles. The molecule has 2 unspecified atom stereocenters. The van der Waals surface area contributed by atoms with Gasteiger partial charge in [-0.3, -0.25) is 4.57 Å². The minimum atomic E-state index is -3.96.